The number of benzene rings is 2. The summed E-state index contributed by atoms with van der Waals surface area (Å²) in [5.74, 6) is -3.22. The van der Waals surface area contributed by atoms with Crippen molar-refractivity contribution in [2.45, 2.75) is 20.3 Å². The van der Waals surface area contributed by atoms with Crippen molar-refractivity contribution in [2.24, 2.45) is 5.92 Å². The van der Waals surface area contributed by atoms with Crippen LogP contribution in [0.5, 0.6) is 0 Å². The highest BCUT2D eigenvalue weighted by Gasteiger charge is 2.36. The highest BCUT2D eigenvalue weighted by Crippen LogP contribution is 2.22. The van der Waals surface area contributed by atoms with Gasteiger partial charge in [0.2, 0.25) is 5.91 Å². The SMILES string of the molecule is Cc1ccc(C(=O)NN2C[C@H](C(=O)OCC(=O)Nc3ccc(C)c([N+](=O)[O-])c3)CC2=O)cc1. The fraction of sp³-hybridized carbons (Fsp3) is 0.273. The fourth-order valence-corrected chi connectivity index (χ4v) is 3.20. The van der Waals surface area contributed by atoms with E-state index in [1.165, 1.54) is 18.2 Å². The van der Waals surface area contributed by atoms with Crippen LogP contribution in [0.2, 0.25) is 0 Å². The van der Waals surface area contributed by atoms with Crippen LogP contribution in [0.1, 0.15) is 27.9 Å². The lowest BCUT2D eigenvalue weighted by Gasteiger charge is -2.17. The highest BCUT2D eigenvalue weighted by atomic mass is 16.6. The Kier molecular flexibility index (Phi) is 7.01. The zero-order valence-electron chi connectivity index (χ0n) is 18.0. The first-order valence-electron chi connectivity index (χ1n) is 10.0. The number of amides is 3. The summed E-state index contributed by atoms with van der Waals surface area (Å²) in [6, 6.07) is 11.0. The molecule has 11 heteroatoms. The van der Waals surface area contributed by atoms with Gasteiger partial charge in [0.15, 0.2) is 6.61 Å². The van der Waals surface area contributed by atoms with Gasteiger partial charge in [-0.15, -0.1) is 0 Å². The van der Waals surface area contributed by atoms with Crippen molar-refractivity contribution >= 4 is 35.1 Å². The lowest BCUT2D eigenvalue weighted by Crippen LogP contribution is -2.43. The number of carbonyl (C=O) groups is 4. The van der Waals surface area contributed by atoms with Crippen molar-refractivity contribution in [3.63, 3.8) is 0 Å². The molecule has 0 spiro atoms. The van der Waals surface area contributed by atoms with Crippen LogP contribution < -0.4 is 10.7 Å². The molecule has 1 heterocycles. The first-order valence-corrected chi connectivity index (χ1v) is 10.0. The van der Waals surface area contributed by atoms with E-state index in [2.05, 4.69) is 10.7 Å². The molecule has 3 rings (SSSR count). The van der Waals surface area contributed by atoms with Gasteiger partial charge in [-0.25, -0.2) is 0 Å². The Hall–Kier alpha value is -4.28. The number of anilines is 1. The molecule has 0 aliphatic carbocycles. The summed E-state index contributed by atoms with van der Waals surface area (Å²) in [7, 11) is 0. The van der Waals surface area contributed by atoms with Crippen molar-refractivity contribution in [1.82, 2.24) is 10.4 Å². The van der Waals surface area contributed by atoms with Crippen LogP contribution in [0, 0.1) is 29.9 Å². The van der Waals surface area contributed by atoms with Crippen molar-refractivity contribution < 1.29 is 28.8 Å². The second-order valence-corrected chi connectivity index (χ2v) is 7.63. The average Bonchev–Trinajstić information content (AvgIpc) is 3.14. The molecule has 1 saturated heterocycles. The minimum atomic E-state index is -0.843. The third-order valence-electron chi connectivity index (χ3n) is 5.04. The number of nitro benzene ring substituents is 1. The first kappa shape index (κ1) is 23.4. The second-order valence-electron chi connectivity index (χ2n) is 7.63. The molecule has 0 aromatic heterocycles. The number of nitro groups is 1. The molecule has 0 bridgehead atoms. The quantitative estimate of drug-likeness (QED) is 0.369. The molecular weight excluding hydrogens is 432 g/mol. The Morgan fingerprint density at radius 3 is 2.52 bits per heavy atom. The van der Waals surface area contributed by atoms with Crippen LogP contribution in [-0.2, 0) is 19.1 Å². The van der Waals surface area contributed by atoms with Gasteiger partial charge in [-0.05, 0) is 32.0 Å². The van der Waals surface area contributed by atoms with Crippen LogP contribution in [0.25, 0.3) is 0 Å². The van der Waals surface area contributed by atoms with Gasteiger partial charge in [0.25, 0.3) is 17.5 Å². The summed E-state index contributed by atoms with van der Waals surface area (Å²) >= 11 is 0. The zero-order chi connectivity index (χ0) is 24.1. The Morgan fingerprint density at radius 2 is 1.85 bits per heavy atom. The third-order valence-corrected chi connectivity index (χ3v) is 5.04. The molecule has 1 fully saturated rings. The molecule has 1 atom stereocenters. The monoisotopic (exact) mass is 454 g/mol. The summed E-state index contributed by atoms with van der Waals surface area (Å²) in [4.78, 5) is 59.3. The fourth-order valence-electron chi connectivity index (χ4n) is 3.20. The molecule has 2 aromatic rings. The minimum absolute atomic E-state index is 0.0823. The summed E-state index contributed by atoms with van der Waals surface area (Å²) in [5.41, 5.74) is 4.30. The van der Waals surface area contributed by atoms with Crippen LogP contribution in [0.3, 0.4) is 0 Å². The number of hydrogen-bond acceptors (Lipinski definition) is 7. The number of ether oxygens (including phenoxy) is 1. The number of nitrogens with one attached hydrogen (secondary N) is 2. The van der Waals surface area contributed by atoms with Gasteiger partial charge in [-0.1, -0.05) is 23.8 Å². The van der Waals surface area contributed by atoms with Gasteiger partial charge in [0.05, 0.1) is 17.4 Å². The molecule has 3 amide bonds. The van der Waals surface area contributed by atoms with Crippen molar-refractivity contribution in [3.05, 3.63) is 69.3 Å². The first-order chi connectivity index (χ1) is 15.6. The van der Waals surface area contributed by atoms with E-state index in [9.17, 15) is 29.3 Å². The van der Waals surface area contributed by atoms with E-state index in [0.29, 0.717) is 11.1 Å². The predicted molar refractivity (Wildman–Crippen MR) is 116 cm³/mol. The van der Waals surface area contributed by atoms with Gasteiger partial charge >= 0.3 is 5.97 Å². The Balaban J connectivity index is 1.49. The Bertz CT molecular complexity index is 1110. The number of rotatable bonds is 7. The molecule has 0 radical (unpaired) electrons. The lowest BCUT2D eigenvalue weighted by atomic mass is 10.1. The summed E-state index contributed by atoms with van der Waals surface area (Å²) in [5, 5.41) is 14.5. The molecule has 1 aliphatic heterocycles. The van der Waals surface area contributed by atoms with Crippen molar-refractivity contribution in [2.75, 3.05) is 18.5 Å². The maximum atomic E-state index is 12.3. The molecular formula is C22H22N4O7. The smallest absolute Gasteiger partial charge is 0.311 e. The Labute approximate surface area is 188 Å². The van der Waals surface area contributed by atoms with Gasteiger partial charge in [0.1, 0.15) is 0 Å². The van der Waals surface area contributed by atoms with E-state index in [1.54, 1.807) is 31.2 Å². The van der Waals surface area contributed by atoms with Crippen molar-refractivity contribution in [1.29, 1.82) is 0 Å². The molecule has 0 unspecified atom stereocenters. The normalized spacial score (nSPS) is 15.2. The van der Waals surface area contributed by atoms with Crippen LogP contribution in [0.15, 0.2) is 42.5 Å². The summed E-state index contributed by atoms with van der Waals surface area (Å²) < 4.78 is 4.98. The number of hydrogen-bond donors (Lipinski definition) is 2. The number of aryl methyl sites for hydroxylation is 2. The third kappa shape index (κ3) is 5.91. The van der Waals surface area contributed by atoms with E-state index in [1.807, 2.05) is 6.92 Å². The molecule has 0 saturated carbocycles. The number of nitrogens with zero attached hydrogens (tertiary/aromatic N) is 2. The summed E-state index contributed by atoms with van der Waals surface area (Å²) in [6.45, 7) is 2.75. The Morgan fingerprint density at radius 1 is 1.15 bits per heavy atom. The van der Waals surface area contributed by atoms with E-state index in [-0.39, 0.29) is 24.3 Å². The van der Waals surface area contributed by atoms with E-state index < -0.39 is 41.1 Å². The van der Waals surface area contributed by atoms with Gasteiger partial charge in [0, 0.05) is 29.3 Å². The predicted octanol–water partition coefficient (Wildman–Crippen LogP) is 1.89. The molecule has 33 heavy (non-hydrogen) atoms. The second kappa shape index (κ2) is 9.90. The van der Waals surface area contributed by atoms with Crippen molar-refractivity contribution in [3.8, 4) is 0 Å². The zero-order valence-corrected chi connectivity index (χ0v) is 18.0. The van der Waals surface area contributed by atoms with E-state index in [4.69, 9.17) is 4.74 Å². The van der Waals surface area contributed by atoms with Gasteiger partial charge in [-0.3, -0.25) is 39.7 Å². The van der Waals surface area contributed by atoms with E-state index in [0.717, 1.165) is 10.6 Å². The number of esters is 1. The van der Waals surface area contributed by atoms with Crippen LogP contribution >= 0.6 is 0 Å². The molecule has 2 N–H and O–H groups in total. The standard InChI is InChI=1S/C22H22N4O7/c1-13-3-6-15(7-4-13)21(29)24-25-11-16(9-20(25)28)22(30)33-12-19(27)23-17-8-5-14(2)18(10-17)26(31)32/h3-8,10,16H,9,11-12H2,1-2H3,(H,23,27)(H,24,29)/t16-/m1/s1. The molecule has 2 aromatic carbocycles. The molecule has 172 valence electrons. The molecule has 1 aliphatic rings. The number of carbonyl (C=O) groups excluding carboxylic acids is 4. The topological polar surface area (TPSA) is 148 Å². The van der Waals surface area contributed by atoms with Crippen LogP contribution in [0.4, 0.5) is 11.4 Å². The van der Waals surface area contributed by atoms with Gasteiger partial charge in [-0.2, -0.15) is 0 Å². The summed E-state index contributed by atoms with van der Waals surface area (Å²) in [6.07, 6.45) is -0.168. The maximum absolute atomic E-state index is 12.3. The maximum Gasteiger partial charge on any atom is 0.311 e. The van der Waals surface area contributed by atoms with Gasteiger partial charge < -0.3 is 10.1 Å². The average molecular weight is 454 g/mol. The van der Waals surface area contributed by atoms with E-state index >= 15 is 0 Å². The highest BCUT2D eigenvalue weighted by molar-refractivity contribution is 5.97. The largest absolute Gasteiger partial charge is 0.455 e. The minimum Gasteiger partial charge on any atom is -0.455 e. The number of hydrazine groups is 1. The lowest BCUT2D eigenvalue weighted by molar-refractivity contribution is -0.385. The molecule has 11 nitrogen and oxygen atoms in total. The van der Waals surface area contributed by atoms with Crippen LogP contribution in [-0.4, -0.2) is 46.8 Å².